The number of hydrogen-bond donors (Lipinski definition) is 1. The van der Waals surface area contributed by atoms with Crippen LogP contribution < -0.4 is 0 Å². The number of likely N-dealkylation sites (tertiary alicyclic amines) is 1. The molecule has 2 rings (SSSR count). The third kappa shape index (κ3) is 3.25. The van der Waals surface area contributed by atoms with Crippen molar-refractivity contribution in [2.45, 2.75) is 76.8 Å². The number of hydrogen-bond acceptors (Lipinski definition) is 2. The highest BCUT2D eigenvalue weighted by atomic mass is 16.4. The molecule has 3 nitrogen and oxygen atoms in total. The van der Waals surface area contributed by atoms with Gasteiger partial charge in [-0.15, -0.1) is 0 Å². The summed E-state index contributed by atoms with van der Waals surface area (Å²) in [7, 11) is 0. The van der Waals surface area contributed by atoms with Crippen LogP contribution in [0.5, 0.6) is 0 Å². The van der Waals surface area contributed by atoms with E-state index in [0.717, 1.165) is 25.8 Å². The highest BCUT2D eigenvalue weighted by Gasteiger charge is 2.35. The third-order valence-corrected chi connectivity index (χ3v) is 4.83. The predicted molar refractivity (Wildman–Crippen MR) is 72.6 cm³/mol. The number of nitrogens with zero attached hydrogens (tertiary/aromatic N) is 1. The lowest BCUT2D eigenvalue weighted by molar-refractivity contribution is -0.145. The van der Waals surface area contributed by atoms with Gasteiger partial charge in [-0.05, 0) is 39.2 Å². The van der Waals surface area contributed by atoms with E-state index in [-0.39, 0.29) is 12.0 Å². The van der Waals surface area contributed by atoms with Crippen LogP contribution in [0.1, 0.15) is 64.7 Å². The van der Waals surface area contributed by atoms with Crippen LogP contribution in [0.15, 0.2) is 0 Å². The van der Waals surface area contributed by atoms with Crippen LogP contribution in [-0.4, -0.2) is 34.6 Å². The van der Waals surface area contributed by atoms with Crippen LogP contribution in [-0.2, 0) is 4.79 Å². The third-order valence-electron chi connectivity index (χ3n) is 4.83. The molecule has 0 amide bonds. The van der Waals surface area contributed by atoms with Crippen molar-refractivity contribution in [1.29, 1.82) is 0 Å². The topological polar surface area (TPSA) is 40.5 Å². The average Bonchev–Trinajstić information content (AvgIpc) is 2.68. The Hall–Kier alpha value is -0.570. The lowest BCUT2D eigenvalue weighted by atomic mass is 9.92. The van der Waals surface area contributed by atoms with E-state index in [1.54, 1.807) is 0 Å². The van der Waals surface area contributed by atoms with Gasteiger partial charge < -0.3 is 5.11 Å². The van der Waals surface area contributed by atoms with E-state index in [0.29, 0.717) is 6.04 Å². The summed E-state index contributed by atoms with van der Waals surface area (Å²) in [6.07, 6.45) is 10.6. The molecular weight excluding hydrogens is 226 g/mol. The monoisotopic (exact) mass is 253 g/mol. The van der Waals surface area contributed by atoms with Gasteiger partial charge in [0.2, 0.25) is 0 Å². The molecule has 3 heteroatoms. The molecule has 1 heterocycles. The van der Waals surface area contributed by atoms with E-state index >= 15 is 0 Å². The summed E-state index contributed by atoms with van der Waals surface area (Å²) in [5, 5.41) is 9.49. The molecule has 2 fully saturated rings. The molecule has 104 valence electrons. The Morgan fingerprint density at radius 2 is 1.67 bits per heavy atom. The van der Waals surface area contributed by atoms with Crippen LogP contribution in [0, 0.1) is 5.92 Å². The second-order valence-corrected chi connectivity index (χ2v) is 6.09. The molecule has 3 unspecified atom stereocenters. The minimum Gasteiger partial charge on any atom is -0.481 e. The first kappa shape index (κ1) is 13.9. The maximum absolute atomic E-state index is 11.5. The first-order valence-corrected chi connectivity index (χ1v) is 7.68. The molecule has 0 aromatic heterocycles. The Kier molecular flexibility index (Phi) is 5.04. The van der Waals surface area contributed by atoms with Crippen molar-refractivity contribution in [2.75, 3.05) is 6.54 Å². The molecule has 1 saturated carbocycles. The first-order chi connectivity index (χ1) is 8.70. The van der Waals surface area contributed by atoms with E-state index in [9.17, 15) is 9.90 Å². The molecule has 1 saturated heterocycles. The van der Waals surface area contributed by atoms with Gasteiger partial charge in [-0.1, -0.05) is 32.1 Å². The van der Waals surface area contributed by atoms with Crippen LogP contribution in [0.4, 0.5) is 0 Å². The molecule has 0 bridgehead atoms. The summed E-state index contributed by atoms with van der Waals surface area (Å²) in [6, 6.07) is 0.857. The standard InChI is InChI=1S/C15H27NO2/c1-12-8-4-3-7-11-16(12)14-10-6-2-5-9-13(14)15(17)18/h12-14H,2-11H2,1H3,(H,17,18). The minimum absolute atomic E-state index is 0.131. The highest BCUT2D eigenvalue weighted by molar-refractivity contribution is 5.71. The molecule has 1 aliphatic heterocycles. The Morgan fingerprint density at radius 3 is 2.44 bits per heavy atom. The fraction of sp³-hybridized carbons (Fsp3) is 0.933. The zero-order valence-corrected chi connectivity index (χ0v) is 11.6. The molecule has 0 spiro atoms. The number of carboxylic acid groups (broad SMARTS) is 1. The first-order valence-electron chi connectivity index (χ1n) is 7.68. The van der Waals surface area contributed by atoms with Crippen LogP contribution >= 0.6 is 0 Å². The average molecular weight is 253 g/mol. The van der Waals surface area contributed by atoms with Crippen molar-refractivity contribution in [3.63, 3.8) is 0 Å². The molecule has 1 aliphatic carbocycles. The summed E-state index contributed by atoms with van der Waals surface area (Å²) in [5.74, 6) is -0.702. The Balaban J connectivity index is 2.12. The van der Waals surface area contributed by atoms with Crippen molar-refractivity contribution in [3.8, 4) is 0 Å². The molecule has 18 heavy (non-hydrogen) atoms. The number of carbonyl (C=O) groups is 1. The fourth-order valence-electron chi connectivity index (χ4n) is 3.76. The van der Waals surface area contributed by atoms with Gasteiger partial charge in [-0.2, -0.15) is 0 Å². The SMILES string of the molecule is CC1CCCCCN1C1CCCCCC1C(=O)O. The molecule has 3 atom stereocenters. The second kappa shape index (κ2) is 6.55. The number of carboxylic acids is 1. The molecule has 1 N–H and O–H groups in total. The van der Waals surface area contributed by atoms with Gasteiger partial charge in [0.25, 0.3) is 0 Å². The lowest BCUT2D eigenvalue weighted by Gasteiger charge is -2.37. The summed E-state index contributed by atoms with van der Waals surface area (Å²) >= 11 is 0. The van der Waals surface area contributed by atoms with E-state index in [2.05, 4.69) is 11.8 Å². The molecular formula is C15H27NO2. The lowest BCUT2D eigenvalue weighted by Crippen LogP contribution is -2.47. The van der Waals surface area contributed by atoms with Gasteiger partial charge in [0.15, 0.2) is 0 Å². The Bertz CT molecular complexity index is 280. The summed E-state index contributed by atoms with van der Waals surface area (Å²) < 4.78 is 0. The van der Waals surface area contributed by atoms with Crippen molar-refractivity contribution in [3.05, 3.63) is 0 Å². The summed E-state index contributed by atoms with van der Waals surface area (Å²) in [5.41, 5.74) is 0. The summed E-state index contributed by atoms with van der Waals surface area (Å²) in [6.45, 7) is 3.39. The van der Waals surface area contributed by atoms with Gasteiger partial charge in [-0.25, -0.2) is 0 Å². The van der Waals surface area contributed by atoms with Crippen LogP contribution in [0.25, 0.3) is 0 Å². The maximum Gasteiger partial charge on any atom is 0.308 e. The largest absolute Gasteiger partial charge is 0.481 e. The zero-order valence-electron chi connectivity index (χ0n) is 11.6. The quantitative estimate of drug-likeness (QED) is 0.768. The van der Waals surface area contributed by atoms with Crippen LogP contribution in [0.3, 0.4) is 0 Å². The molecule has 0 aromatic rings. The highest BCUT2D eigenvalue weighted by Crippen LogP contribution is 2.31. The molecule has 0 aromatic carbocycles. The van der Waals surface area contributed by atoms with Crippen LogP contribution in [0.2, 0.25) is 0 Å². The van der Waals surface area contributed by atoms with E-state index in [1.807, 2.05) is 0 Å². The van der Waals surface area contributed by atoms with Gasteiger partial charge >= 0.3 is 5.97 Å². The minimum atomic E-state index is -0.571. The van der Waals surface area contributed by atoms with Crippen molar-refractivity contribution >= 4 is 5.97 Å². The Morgan fingerprint density at radius 1 is 1.00 bits per heavy atom. The number of aliphatic carboxylic acids is 1. The van der Waals surface area contributed by atoms with Gasteiger partial charge in [0, 0.05) is 12.1 Å². The fourth-order valence-corrected chi connectivity index (χ4v) is 3.76. The Labute approximate surface area is 111 Å². The summed E-state index contributed by atoms with van der Waals surface area (Å²) in [4.78, 5) is 14.1. The van der Waals surface area contributed by atoms with Crippen molar-refractivity contribution in [2.24, 2.45) is 5.92 Å². The van der Waals surface area contributed by atoms with Crippen molar-refractivity contribution in [1.82, 2.24) is 4.90 Å². The normalized spacial score (nSPS) is 35.7. The van der Waals surface area contributed by atoms with Gasteiger partial charge in [-0.3, -0.25) is 9.69 Å². The van der Waals surface area contributed by atoms with Gasteiger partial charge in [0.05, 0.1) is 5.92 Å². The molecule has 2 aliphatic rings. The zero-order chi connectivity index (χ0) is 13.0. The second-order valence-electron chi connectivity index (χ2n) is 6.09. The smallest absolute Gasteiger partial charge is 0.308 e. The maximum atomic E-state index is 11.5. The van der Waals surface area contributed by atoms with Crippen molar-refractivity contribution < 1.29 is 9.90 Å². The van der Waals surface area contributed by atoms with E-state index < -0.39 is 5.97 Å². The molecule has 0 radical (unpaired) electrons. The van der Waals surface area contributed by atoms with Gasteiger partial charge in [0.1, 0.15) is 0 Å². The van der Waals surface area contributed by atoms with E-state index in [4.69, 9.17) is 0 Å². The van der Waals surface area contributed by atoms with E-state index in [1.165, 1.54) is 38.5 Å². The predicted octanol–water partition coefficient (Wildman–Crippen LogP) is 3.28. The number of rotatable bonds is 2.